The van der Waals surface area contributed by atoms with Gasteiger partial charge in [-0.15, -0.1) is 0 Å². The fourth-order valence-corrected chi connectivity index (χ4v) is 2.43. The monoisotopic (exact) mass is 218 g/mol. The van der Waals surface area contributed by atoms with Crippen LogP contribution in [0.3, 0.4) is 0 Å². The SMILES string of the molecule is CC1OC1N1CCN(c2ccccc2)CC1. The number of nitrogens with zero attached hydrogens (tertiary/aromatic N) is 2. The van der Waals surface area contributed by atoms with Gasteiger partial charge in [0.15, 0.2) is 0 Å². The van der Waals surface area contributed by atoms with Gasteiger partial charge in [-0.2, -0.15) is 0 Å². The largest absolute Gasteiger partial charge is 0.369 e. The molecule has 3 heteroatoms. The molecule has 3 nitrogen and oxygen atoms in total. The number of hydrogen-bond acceptors (Lipinski definition) is 3. The Morgan fingerprint density at radius 3 is 2.25 bits per heavy atom. The van der Waals surface area contributed by atoms with Crippen molar-refractivity contribution < 1.29 is 4.74 Å². The molecule has 0 radical (unpaired) electrons. The number of epoxide rings is 1. The van der Waals surface area contributed by atoms with E-state index in [4.69, 9.17) is 4.74 Å². The summed E-state index contributed by atoms with van der Waals surface area (Å²) >= 11 is 0. The minimum Gasteiger partial charge on any atom is -0.369 e. The number of anilines is 1. The molecular formula is C13H18N2O. The zero-order valence-corrected chi connectivity index (χ0v) is 9.67. The van der Waals surface area contributed by atoms with Crippen LogP contribution < -0.4 is 4.90 Å². The van der Waals surface area contributed by atoms with E-state index >= 15 is 0 Å². The van der Waals surface area contributed by atoms with Gasteiger partial charge in [-0.25, -0.2) is 0 Å². The lowest BCUT2D eigenvalue weighted by atomic mass is 10.2. The number of piperazine rings is 1. The quantitative estimate of drug-likeness (QED) is 0.702. The minimum absolute atomic E-state index is 0.401. The molecule has 2 fully saturated rings. The molecule has 0 N–H and O–H groups in total. The molecule has 2 aliphatic rings. The molecule has 0 aromatic heterocycles. The highest BCUT2D eigenvalue weighted by atomic mass is 16.6. The van der Waals surface area contributed by atoms with Crippen molar-refractivity contribution >= 4 is 5.69 Å². The summed E-state index contributed by atoms with van der Waals surface area (Å²) in [6.07, 6.45) is 0.848. The lowest BCUT2D eigenvalue weighted by Gasteiger charge is -2.35. The second kappa shape index (κ2) is 4.07. The predicted octanol–water partition coefficient (Wildman–Crippen LogP) is 1.55. The lowest BCUT2D eigenvalue weighted by Crippen LogP contribution is -2.47. The summed E-state index contributed by atoms with van der Waals surface area (Å²) in [6.45, 7) is 6.59. The molecule has 0 amide bonds. The van der Waals surface area contributed by atoms with Gasteiger partial charge in [-0.1, -0.05) is 18.2 Å². The van der Waals surface area contributed by atoms with Crippen molar-refractivity contribution in [1.82, 2.24) is 4.90 Å². The Morgan fingerprint density at radius 1 is 1.06 bits per heavy atom. The van der Waals surface area contributed by atoms with Gasteiger partial charge in [-0.3, -0.25) is 4.90 Å². The maximum Gasteiger partial charge on any atom is 0.137 e. The topological polar surface area (TPSA) is 19.0 Å². The van der Waals surface area contributed by atoms with E-state index in [1.54, 1.807) is 0 Å². The highest BCUT2D eigenvalue weighted by molar-refractivity contribution is 5.46. The normalized spacial score (nSPS) is 30.4. The molecule has 1 aromatic carbocycles. The average molecular weight is 218 g/mol. The Bertz CT molecular complexity index is 346. The summed E-state index contributed by atoms with van der Waals surface area (Å²) in [5, 5.41) is 0. The molecule has 0 saturated carbocycles. The van der Waals surface area contributed by atoms with Crippen molar-refractivity contribution in [3.63, 3.8) is 0 Å². The van der Waals surface area contributed by atoms with Crippen molar-refractivity contribution in [2.45, 2.75) is 19.3 Å². The Balaban J connectivity index is 1.58. The van der Waals surface area contributed by atoms with Crippen LogP contribution in [-0.2, 0) is 4.74 Å². The third-order valence-electron chi connectivity index (χ3n) is 3.47. The summed E-state index contributed by atoms with van der Waals surface area (Å²) in [5.41, 5.74) is 1.34. The van der Waals surface area contributed by atoms with Crippen LogP contribution in [0.4, 0.5) is 5.69 Å². The van der Waals surface area contributed by atoms with Gasteiger partial charge in [0.1, 0.15) is 6.23 Å². The number of para-hydroxylation sites is 1. The van der Waals surface area contributed by atoms with Crippen LogP contribution >= 0.6 is 0 Å². The molecule has 2 saturated heterocycles. The number of rotatable bonds is 2. The van der Waals surface area contributed by atoms with E-state index in [-0.39, 0.29) is 0 Å². The van der Waals surface area contributed by atoms with Crippen molar-refractivity contribution in [2.24, 2.45) is 0 Å². The van der Waals surface area contributed by atoms with Crippen molar-refractivity contribution in [2.75, 3.05) is 31.1 Å². The summed E-state index contributed by atoms with van der Waals surface area (Å²) in [4.78, 5) is 4.90. The summed E-state index contributed by atoms with van der Waals surface area (Å²) in [7, 11) is 0. The second-order valence-corrected chi connectivity index (χ2v) is 4.59. The number of benzene rings is 1. The predicted molar refractivity (Wildman–Crippen MR) is 64.6 cm³/mol. The second-order valence-electron chi connectivity index (χ2n) is 4.59. The molecule has 2 aliphatic heterocycles. The lowest BCUT2D eigenvalue weighted by molar-refractivity contribution is 0.166. The van der Waals surface area contributed by atoms with Crippen LogP contribution in [0.2, 0.25) is 0 Å². The van der Waals surface area contributed by atoms with Gasteiger partial charge in [0.25, 0.3) is 0 Å². The van der Waals surface area contributed by atoms with Crippen molar-refractivity contribution in [3.8, 4) is 0 Å². The Hall–Kier alpha value is -1.06. The summed E-state index contributed by atoms with van der Waals surface area (Å²) in [5.74, 6) is 0. The van der Waals surface area contributed by atoms with Gasteiger partial charge >= 0.3 is 0 Å². The third kappa shape index (κ3) is 1.93. The van der Waals surface area contributed by atoms with Crippen molar-refractivity contribution in [3.05, 3.63) is 30.3 Å². The first kappa shape index (κ1) is 10.1. The molecule has 2 unspecified atom stereocenters. The first-order valence-corrected chi connectivity index (χ1v) is 6.04. The van der Waals surface area contributed by atoms with Crippen LogP contribution in [0.15, 0.2) is 30.3 Å². The zero-order chi connectivity index (χ0) is 11.0. The van der Waals surface area contributed by atoms with E-state index in [0.717, 1.165) is 26.2 Å². The first-order chi connectivity index (χ1) is 7.84. The molecule has 0 spiro atoms. The van der Waals surface area contributed by atoms with E-state index in [1.165, 1.54) is 5.69 Å². The van der Waals surface area contributed by atoms with Crippen LogP contribution in [0.25, 0.3) is 0 Å². The van der Waals surface area contributed by atoms with Gasteiger partial charge in [-0.05, 0) is 19.1 Å². The molecular weight excluding hydrogens is 200 g/mol. The van der Waals surface area contributed by atoms with Gasteiger partial charge < -0.3 is 9.64 Å². The summed E-state index contributed by atoms with van der Waals surface area (Å²) < 4.78 is 5.50. The average Bonchev–Trinajstić information content (AvgIpc) is 3.08. The highest BCUT2D eigenvalue weighted by Crippen LogP contribution is 2.27. The number of ether oxygens (including phenoxy) is 1. The van der Waals surface area contributed by atoms with Crippen LogP contribution in [0, 0.1) is 0 Å². The molecule has 86 valence electrons. The van der Waals surface area contributed by atoms with Gasteiger partial charge in [0.2, 0.25) is 0 Å². The molecule has 3 rings (SSSR count). The van der Waals surface area contributed by atoms with E-state index in [0.29, 0.717) is 12.3 Å². The Labute approximate surface area is 96.6 Å². The van der Waals surface area contributed by atoms with Gasteiger partial charge in [0.05, 0.1) is 6.10 Å². The smallest absolute Gasteiger partial charge is 0.137 e. The maximum atomic E-state index is 5.50. The Kier molecular flexibility index (Phi) is 2.58. The zero-order valence-electron chi connectivity index (χ0n) is 9.67. The Morgan fingerprint density at radius 2 is 1.69 bits per heavy atom. The van der Waals surface area contributed by atoms with Crippen LogP contribution in [-0.4, -0.2) is 43.4 Å². The molecule has 2 atom stereocenters. The molecule has 2 heterocycles. The van der Waals surface area contributed by atoms with E-state index in [1.807, 2.05) is 0 Å². The minimum atomic E-state index is 0.401. The maximum absolute atomic E-state index is 5.50. The van der Waals surface area contributed by atoms with Crippen molar-refractivity contribution in [1.29, 1.82) is 0 Å². The third-order valence-corrected chi connectivity index (χ3v) is 3.47. The van der Waals surface area contributed by atoms with Crippen LogP contribution in [0.1, 0.15) is 6.92 Å². The fraction of sp³-hybridized carbons (Fsp3) is 0.538. The molecule has 1 aromatic rings. The number of hydrogen-bond donors (Lipinski definition) is 0. The molecule has 0 bridgehead atoms. The van der Waals surface area contributed by atoms with Crippen LogP contribution in [0.5, 0.6) is 0 Å². The molecule has 16 heavy (non-hydrogen) atoms. The van der Waals surface area contributed by atoms with Gasteiger partial charge in [0, 0.05) is 31.9 Å². The van der Waals surface area contributed by atoms with E-state index in [2.05, 4.69) is 47.1 Å². The van der Waals surface area contributed by atoms with E-state index < -0.39 is 0 Å². The first-order valence-electron chi connectivity index (χ1n) is 6.04. The fourth-order valence-electron chi connectivity index (χ4n) is 2.43. The summed E-state index contributed by atoms with van der Waals surface area (Å²) in [6, 6.07) is 10.7. The standard InChI is InChI=1S/C13H18N2O/c1-11-13(16-11)15-9-7-14(8-10-15)12-5-3-2-4-6-12/h2-6,11,13H,7-10H2,1H3. The highest BCUT2D eigenvalue weighted by Gasteiger charge is 2.40. The van der Waals surface area contributed by atoms with E-state index in [9.17, 15) is 0 Å². The molecule has 0 aliphatic carbocycles.